The lowest BCUT2D eigenvalue weighted by molar-refractivity contribution is -0.120. The summed E-state index contributed by atoms with van der Waals surface area (Å²) in [5, 5.41) is 10.0. The molecule has 7 nitrogen and oxygen atoms in total. The number of H-pyrrole nitrogens is 1. The van der Waals surface area contributed by atoms with Gasteiger partial charge in [0.1, 0.15) is 11.6 Å². The maximum atomic E-state index is 12.7. The molecule has 7 heteroatoms. The summed E-state index contributed by atoms with van der Waals surface area (Å²) in [5.41, 5.74) is 1.70. The summed E-state index contributed by atoms with van der Waals surface area (Å²) in [6, 6.07) is 13.5. The lowest BCUT2D eigenvalue weighted by Crippen LogP contribution is -2.41. The fraction of sp³-hybridized carbons (Fsp3) is 0.300. The number of carbonyl (C=O) groups is 1. The predicted molar refractivity (Wildman–Crippen MR) is 104 cm³/mol. The van der Waals surface area contributed by atoms with Crippen LogP contribution < -0.4 is 10.2 Å². The van der Waals surface area contributed by atoms with Crippen LogP contribution in [0.1, 0.15) is 18.7 Å². The molecule has 1 aromatic carbocycles. The van der Waals surface area contributed by atoms with Gasteiger partial charge in [-0.3, -0.25) is 9.89 Å². The molecule has 0 radical (unpaired) electrons. The number of hydrogen-bond acceptors (Lipinski definition) is 5. The molecule has 0 bridgehead atoms. The highest BCUT2D eigenvalue weighted by atomic mass is 16.1. The van der Waals surface area contributed by atoms with E-state index in [-0.39, 0.29) is 11.8 Å². The number of nitrogens with zero attached hydrogens (tertiary/aromatic N) is 4. The van der Waals surface area contributed by atoms with E-state index in [1.54, 1.807) is 6.20 Å². The number of aromatic nitrogens is 4. The molecule has 3 aromatic rings. The largest absolute Gasteiger partial charge is 0.356 e. The summed E-state index contributed by atoms with van der Waals surface area (Å²) in [4.78, 5) is 23.6. The summed E-state index contributed by atoms with van der Waals surface area (Å²) >= 11 is 0. The van der Waals surface area contributed by atoms with Gasteiger partial charge in [-0.25, -0.2) is 9.97 Å². The van der Waals surface area contributed by atoms with Crippen molar-refractivity contribution in [3.63, 3.8) is 0 Å². The van der Waals surface area contributed by atoms with Gasteiger partial charge >= 0.3 is 0 Å². The number of nitrogens with one attached hydrogen (secondary N) is 2. The van der Waals surface area contributed by atoms with E-state index in [0.29, 0.717) is 12.4 Å². The average molecular weight is 362 g/mol. The SMILES string of the molecule is Cc1nc(-c2ccc(NC(=O)C3CCCN(c4ccccn4)C3)cc2)n[nH]1. The van der Waals surface area contributed by atoms with Crippen LogP contribution in [0.5, 0.6) is 0 Å². The second-order valence-electron chi connectivity index (χ2n) is 6.78. The number of aryl methyl sites for hydroxylation is 1. The minimum absolute atomic E-state index is 0.0453. The zero-order valence-corrected chi connectivity index (χ0v) is 15.2. The second-order valence-corrected chi connectivity index (χ2v) is 6.78. The van der Waals surface area contributed by atoms with Crippen molar-refractivity contribution in [1.29, 1.82) is 0 Å². The number of benzene rings is 1. The number of hydrogen-bond donors (Lipinski definition) is 2. The van der Waals surface area contributed by atoms with Crippen LogP contribution in [0.15, 0.2) is 48.7 Å². The number of aromatic amines is 1. The molecule has 1 fully saturated rings. The van der Waals surface area contributed by atoms with E-state index in [4.69, 9.17) is 0 Å². The zero-order chi connectivity index (χ0) is 18.6. The van der Waals surface area contributed by atoms with Crippen LogP contribution in [0.4, 0.5) is 11.5 Å². The van der Waals surface area contributed by atoms with Gasteiger partial charge in [-0.2, -0.15) is 5.10 Å². The fourth-order valence-electron chi connectivity index (χ4n) is 3.36. The van der Waals surface area contributed by atoms with E-state index in [1.165, 1.54) is 0 Å². The Morgan fingerprint density at radius 1 is 1.22 bits per heavy atom. The van der Waals surface area contributed by atoms with E-state index >= 15 is 0 Å². The van der Waals surface area contributed by atoms with E-state index < -0.39 is 0 Å². The van der Waals surface area contributed by atoms with Crippen molar-refractivity contribution in [2.75, 3.05) is 23.3 Å². The first-order chi connectivity index (χ1) is 13.2. The molecular formula is C20H22N6O. The molecule has 1 atom stereocenters. The zero-order valence-electron chi connectivity index (χ0n) is 15.2. The van der Waals surface area contributed by atoms with Gasteiger partial charge in [-0.1, -0.05) is 6.07 Å². The molecule has 1 unspecified atom stereocenters. The summed E-state index contributed by atoms with van der Waals surface area (Å²) in [6.45, 7) is 3.49. The third-order valence-corrected chi connectivity index (χ3v) is 4.77. The van der Waals surface area contributed by atoms with E-state index in [2.05, 4.69) is 30.4 Å². The Labute approximate surface area is 157 Å². The van der Waals surface area contributed by atoms with E-state index in [1.807, 2.05) is 49.4 Å². The van der Waals surface area contributed by atoms with Crippen molar-refractivity contribution < 1.29 is 4.79 Å². The van der Waals surface area contributed by atoms with Crippen LogP contribution >= 0.6 is 0 Å². The average Bonchev–Trinajstić information content (AvgIpc) is 3.16. The van der Waals surface area contributed by atoms with Gasteiger partial charge in [0.05, 0.1) is 5.92 Å². The van der Waals surface area contributed by atoms with Crippen LogP contribution in [0.2, 0.25) is 0 Å². The summed E-state index contributed by atoms with van der Waals surface area (Å²) < 4.78 is 0. The first-order valence-corrected chi connectivity index (χ1v) is 9.15. The molecule has 0 spiro atoms. The Hall–Kier alpha value is -3.22. The van der Waals surface area contributed by atoms with E-state index in [0.717, 1.165) is 42.3 Å². The van der Waals surface area contributed by atoms with Gasteiger partial charge in [0.2, 0.25) is 5.91 Å². The number of amides is 1. The molecule has 2 N–H and O–H groups in total. The lowest BCUT2D eigenvalue weighted by atomic mass is 9.97. The molecule has 4 rings (SSSR count). The van der Waals surface area contributed by atoms with Gasteiger partial charge in [-0.05, 0) is 56.2 Å². The molecule has 1 aliphatic rings. The Morgan fingerprint density at radius 3 is 2.78 bits per heavy atom. The Morgan fingerprint density at radius 2 is 2.07 bits per heavy atom. The van der Waals surface area contributed by atoms with Crippen molar-refractivity contribution in [3.8, 4) is 11.4 Å². The van der Waals surface area contributed by atoms with E-state index in [9.17, 15) is 4.79 Å². The molecule has 1 saturated heterocycles. The van der Waals surface area contributed by atoms with Gasteiger partial charge < -0.3 is 10.2 Å². The Balaban J connectivity index is 1.40. The third-order valence-electron chi connectivity index (χ3n) is 4.77. The van der Waals surface area contributed by atoms with Crippen LogP contribution in [-0.4, -0.2) is 39.2 Å². The first kappa shape index (κ1) is 17.2. The predicted octanol–water partition coefficient (Wildman–Crippen LogP) is 3.03. The van der Waals surface area contributed by atoms with Crippen LogP contribution in [0, 0.1) is 12.8 Å². The van der Waals surface area contributed by atoms with Crippen molar-refractivity contribution in [2.45, 2.75) is 19.8 Å². The Bertz CT molecular complexity index is 906. The molecule has 138 valence electrons. The van der Waals surface area contributed by atoms with Gasteiger partial charge in [0, 0.05) is 30.5 Å². The van der Waals surface area contributed by atoms with Crippen molar-refractivity contribution >= 4 is 17.4 Å². The van der Waals surface area contributed by atoms with Crippen LogP contribution in [0.25, 0.3) is 11.4 Å². The molecule has 2 aromatic heterocycles. The number of anilines is 2. The highest BCUT2D eigenvalue weighted by Crippen LogP contribution is 2.23. The molecular weight excluding hydrogens is 340 g/mol. The number of piperidine rings is 1. The van der Waals surface area contributed by atoms with Crippen LogP contribution in [0.3, 0.4) is 0 Å². The summed E-state index contributed by atoms with van der Waals surface area (Å²) in [5.74, 6) is 2.37. The second kappa shape index (κ2) is 7.57. The standard InChI is InChI=1S/C20H22N6O/c1-14-22-19(25-24-14)15-7-9-17(10-8-15)23-20(27)16-5-4-12-26(13-16)18-6-2-3-11-21-18/h2-3,6-11,16H,4-5,12-13H2,1H3,(H,23,27)(H,22,24,25). The Kier molecular flexibility index (Phi) is 4.82. The topological polar surface area (TPSA) is 86.8 Å². The number of rotatable bonds is 4. The summed E-state index contributed by atoms with van der Waals surface area (Å²) in [6.07, 6.45) is 3.66. The molecule has 1 amide bonds. The molecule has 0 saturated carbocycles. The fourth-order valence-corrected chi connectivity index (χ4v) is 3.36. The smallest absolute Gasteiger partial charge is 0.229 e. The number of carbonyl (C=O) groups excluding carboxylic acids is 1. The lowest BCUT2D eigenvalue weighted by Gasteiger charge is -2.32. The maximum absolute atomic E-state index is 12.7. The molecule has 3 heterocycles. The van der Waals surface area contributed by atoms with Gasteiger partial charge in [0.15, 0.2) is 5.82 Å². The van der Waals surface area contributed by atoms with Gasteiger partial charge in [0.25, 0.3) is 0 Å². The van der Waals surface area contributed by atoms with Gasteiger partial charge in [-0.15, -0.1) is 0 Å². The van der Waals surface area contributed by atoms with Crippen molar-refractivity contribution in [3.05, 3.63) is 54.5 Å². The summed E-state index contributed by atoms with van der Waals surface area (Å²) in [7, 11) is 0. The minimum Gasteiger partial charge on any atom is -0.356 e. The van der Waals surface area contributed by atoms with Crippen LogP contribution in [-0.2, 0) is 4.79 Å². The molecule has 1 aliphatic heterocycles. The third kappa shape index (κ3) is 3.97. The normalized spacial score (nSPS) is 16.9. The van der Waals surface area contributed by atoms with Crippen molar-refractivity contribution in [2.24, 2.45) is 5.92 Å². The molecule has 0 aliphatic carbocycles. The van der Waals surface area contributed by atoms with Crippen molar-refractivity contribution in [1.82, 2.24) is 20.2 Å². The highest BCUT2D eigenvalue weighted by Gasteiger charge is 2.26. The maximum Gasteiger partial charge on any atom is 0.229 e. The highest BCUT2D eigenvalue weighted by molar-refractivity contribution is 5.93. The minimum atomic E-state index is -0.0453. The quantitative estimate of drug-likeness (QED) is 0.745. The number of pyridine rings is 1. The molecule has 27 heavy (non-hydrogen) atoms. The first-order valence-electron chi connectivity index (χ1n) is 9.15. The monoisotopic (exact) mass is 362 g/mol.